The molecule has 0 bridgehead atoms. The molecule has 0 aliphatic carbocycles. The minimum atomic E-state index is -0.998. The van der Waals surface area contributed by atoms with Crippen LogP contribution in [-0.4, -0.2) is 46.7 Å². The number of hydrogen-bond acceptors (Lipinski definition) is 5. The van der Waals surface area contributed by atoms with Crippen molar-refractivity contribution in [1.82, 2.24) is 9.97 Å². The minimum Gasteiger partial charge on any atom is -0.477 e. The van der Waals surface area contributed by atoms with E-state index >= 15 is 0 Å². The molecule has 1 atom stereocenters. The number of nitrogens with zero attached hydrogens (tertiary/aromatic N) is 4. The van der Waals surface area contributed by atoms with Crippen LogP contribution in [0.4, 0.5) is 11.5 Å². The molecular weight excluding hydrogens is 328 g/mol. The van der Waals surface area contributed by atoms with Crippen LogP contribution in [0.15, 0.2) is 54.9 Å². The molecule has 1 aromatic carbocycles. The summed E-state index contributed by atoms with van der Waals surface area (Å²) in [5.74, 6) is -0.276. The van der Waals surface area contributed by atoms with Crippen LogP contribution in [0.5, 0.6) is 0 Å². The topological polar surface area (TPSA) is 69.6 Å². The van der Waals surface area contributed by atoms with Gasteiger partial charge in [0.1, 0.15) is 5.82 Å². The summed E-state index contributed by atoms with van der Waals surface area (Å²) in [4.78, 5) is 24.2. The number of rotatable bonds is 3. The highest BCUT2D eigenvalue weighted by Crippen LogP contribution is 2.29. The lowest BCUT2D eigenvalue weighted by Gasteiger charge is -2.42. The van der Waals surface area contributed by atoms with Crippen molar-refractivity contribution in [2.45, 2.75) is 13.0 Å². The lowest BCUT2D eigenvalue weighted by molar-refractivity contribution is 0.0690. The van der Waals surface area contributed by atoms with E-state index in [2.05, 4.69) is 51.0 Å². The third-order valence-electron chi connectivity index (χ3n) is 4.87. The fourth-order valence-corrected chi connectivity index (χ4v) is 3.60. The highest BCUT2D eigenvalue weighted by molar-refractivity contribution is 5.93. The lowest BCUT2D eigenvalue weighted by Crippen LogP contribution is -2.52. The first kappa shape index (κ1) is 16.3. The molecule has 1 aliphatic heterocycles. The van der Waals surface area contributed by atoms with Crippen molar-refractivity contribution in [3.05, 3.63) is 60.6 Å². The average Bonchev–Trinajstić information content (AvgIpc) is 2.67. The van der Waals surface area contributed by atoms with Gasteiger partial charge in [0.2, 0.25) is 0 Å². The number of hydrogen-bond donors (Lipinski definition) is 1. The molecule has 1 unspecified atom stereocenters. The zero-order valence-electron chi connectivity index (χ0n) is 14.5. The Morgan fingerprint density at radius 3 is 2.81 bits per heavy atom. The number of fused-ring (bicyclic) bond motifs is 1. The molecule has 2 aromatic heterocycles. The van der Waals surface area contributed by atoms with E-state index in [1.54, 1.807) is 6.07 Å². The summed E-state index contributed by atoms with van der Waals surface area (Å²) in [5.41, 5.74) is 1.29. The fourth-order valence-electron chi connectivity index (χ4n) is 3.60. The zero-order valence-corrected chi connectivity index (χ0v) is 14.5. The van der Waals surface area contributed by atoms with Gasteiger partial charge in [0.25, 0.3) is 0 Å². The van der Waals surface area contributed by atoms with Gasteiger partial charge in [0.15, 0.2) is 5.69 Å². The first-order valence-corrected chi connectivity index (χ1v) is 8.68. The van der Waals surface area contributed by atoms with Gasteiger partial charge in [0, 0.05) is 54.5 Å². The maximum Gasteiger partial charge on any atom is 0.354 e. The summed E-state index contributed by atoms with van der Waals surface area (Å²) in [6.07, 6.45) is 3.71. The first-order valence-electron chi connectivity index (χ1n) is 8.68. The van der Waals surface area contributed by atoms with Crippen molar-refractivity contribution in [1.29, 1.82) is 0 Å². The van der Waals surface area contributed by atoms with Crippen LogP contribution in [0.2, 0.25) is 0 Å². The Labute approximate surface area is 151 Å². The van der Waals surface area contributed by atoms with E-state index in [0.717, 1.165) is 30.8 Å². The smallest absolute Gasteiger partial charge is 0.354 e. The molecule has 1 saturated heterocycles. The second-order valence-electron chi connectivity index (χ2n) is 6.55. The van der Waals surface area contributed by atoms with Crippen LogP contribution in [0.3, 0.4) is 0 Å². The summed E-state index contributed by atoms with van der Waals surface area (Å²) in [6.45, 7) is 4.64. The van der Waals surface area contributed by atoms with Gasteiger partial charge in [0.05, 0.1) is 0 Å². The Kier molecular flexibility index (Phi) is 4.16. The van der Waals surface area contributed by atoms with Gasteiger partial charge >= 0.3 is 5.97 Å². The average molecular weight is 348 g/mol. The predicted molar refractivity (Wildman–Crippen MR) is 102 cm³/mol. The molecule has 1 fully saturated rings. The lowest BCUT2D eigenvalue weighted by atomic mass is 10.1. The Bertz CT molecular complexity index is 954. The second-order valence-corrected chi connectivity index (χ2v) is 6.55. The highest BCUT2D eigenvalue weighted by atomic mass is 16.4. The van der Waals surface area contributed by atoms with Crippen LogP contribution in [0, 0.1) is 0 Å². The van der Waals surface area contributed by atoms with E-state index in [-0.39, 0.29) is 11.7 Å². The Balaban J connectivity index is 1.59. The Hall–Kier alpha value is -3.15. The Morgan fingerprint density at radius 1 is 1.15 bits per heavy atom. The molecule has 0 amide bonds. The van der Waals surface area contributed by atoms with Gasteiger partial charge in [-0.05, 0) is 31.2 Å². The molecular formula is C20H20N4O2. The number of carboxylic acids is 1. The summed E-state index contributed by atoms with van der Waals surface area (Å²) >= 11 is 0. The molecule has 0 spiro atoms. The van der Waals surface area contributed by atoms with E-state index < -0.39 is 5.97 Å². The normalized spacial score (nSPS) is 17.5. The van der Waals surface area contributed by atoms with Crippen molar-refractivity contribution in [3.63, 3.8) is 0 Å². The van der Waals surface area contributed by atoms with E-state index in [1.165, 1.54) is 17.1 Å². The molecule has 3 heterocycles. The Morgan fingerprint density at radius 2 is 2.00 bits per heavy atom. The molecule has 3 aromatic rings. The second kappa shape index (κ2) is 6.63. The number of piperazine rings is 1. The molecule has 4 rings (SSSR count). The number of benzene rings is 1. The van der Waals surface area contributed by atoms with Gasteiger partial charge in [-0.15, -0.1) is 0 Å². The summed E-state index contributed by atoms with van der Waals surface area (Å²) in [5, 5.41) is 11.5. The van der Waals surface area contributed by atoms with E-state index in [9.17, 15) is 9.90 Å². The summed E-state index contributed by atoms with van der Waals surface area (Å²) < 4.78 is 0. The van der Waals surface area contributed by atoms with Gasteiger partial charge < -0.3 is 14.9 Å². The maximum atomic E-state index is 11.2. The molecule has 0 radical (unpaired) electrons. The van der Waals surface area contributed by atoms with Crippen LogP contribution in [0.25, 0.3) is 10.8 Å². The SMILES string of the molecule is CC1CN(c2cccc3cnccc23)CCN1c1cccc(C(=O)O)n1. The summed E-state index contributed by atoms with van der Waals surface area (Å²) in [6, 6.07) is 13.7. The minimum absolute atomic E-state index is 0.0821. The van der Waals surface area contributed by atoms with E-state index in [4.69, 9.17) is 0 Å². The number of aromatic nitrogens is 2. The first-order chi connectivity index (χ1) is 12.6. The predicted octanol–water partition coefficient (Wildman–Crippen LogP) is 3.04. The van der Waals surface area contributed by atoms with Gasteiger partial charge in [-0.3, -0.25) is 4.98 Å². The van der Waals surface area contributed by atoms with E-state index in [1.807, 2.05) is 18.5 Å². The summed E-state index contributed by atoms with van der Waals surface area (Å²) in [7, 11) is 0. The molecule has 0 saturated carbocycles. The fraction of sp³-hybridized carbons (Fsp3) is 0.250. The molecule has 1 N–H and O–H groups in total. The van der Waals surface area contributed by atoms with Crippen molar-refractivity contribution >= 4 is 28.2 Å². The van der Waals surface area contributed by atoms with Crippen molar-refractivity contribution in [2.24, 2.45) is 0 Å². The highest BCUT2D eigenvalue weighted by Gasteiger charge is 2.26. The quantitative estimate of drug-likeness (QED) is 0.784. The van der Waals surface area contributed by atoms with Gasteiger partial charge in [-0.2, -0.15) is 0 Å². The number of anilines is 2. The van der Waals surface area contributed by atoms with Gasteiger partial charge in [-0.1, -0.05) is 18.2 Å². The molecule has 1 aliphatic rings. The van der Waals surface area contributed by atoms with E-state index in [0.29, 0.717) is 0 Å². The van der Waals surface area contributed by atoms with Crippen LogP contribution in [-0.2, 0) is 0 Å². The molecule has 6 nitrogen and oxygen atoms in total. The van der Waals surface area contributed by atoms with Crippen LogP contribution < -0.4 is 9.80 Å². The van der Waals surface area contributed by atoms with Crippen LogP contribution >= 0.6 is 0 Å². The zero-order chi connectivity index (χ0) is 18.1. The van der Waals surface area contributed by atoms with Crippen molar-refractivity contribution < 1.29 is 9.90 Å². The number of carboxylic acid groups (broad SMARTS) is 1. The molecule has 6 heteroatoms. The maximum absolute atomic E-state index is 11.2. The largest absolute Gasteiger partial charge is 0.477 e. The number of aromatic carboxylic acids is 1. The van der Waals surface area contributed by atoms with Crippen molar-refractivity contribution in [3.8, 4) is 0 Å². The standard InChI is InChI=1S/C20H20N4O2/c1-14-13-23(18-6-2-4-15-12-21-9-8-16(15)18)10-11-24(14)19-7-3-5-17(22-19)20(25)26/h2-9,12,14H,10-11,13H2,1H3,(H,25,26). The number of carbonyl (C=O) groups is 1. The van der Waals surface area contributed by atoms with Crippen molar-refractivity contribution in [2.75, 3.05) is 29.4 Å². The number of pyridine rings is 2. The molecule has 132 valence electrons. The third kappa shape index (κ3) is 2.94. The van der Waals surface area contributed by atoms with Gasteiger partial charge in [-0.25, -0.2) is 9.78 Å². The molecule has 26 heavy (non-hydrogen) atoms. The third-order valence-corrected chi connectivity index (χ3v) is 4.87. The van der Waals surface area contributed by atoms with Crippen LogP contribution in [0.1, 0.15) is 17.4 Å². The monoisotopic (exact) mass is 348 g/mol.